The van der Waals surface area contributed by atoms with E-state index in [4.69, 9.17) is 17.3 Å². The third-order valence-electron chi connectivity index (χ3n) is 3.03. The lowest BCUT2D eigenvalue weighted by Crippen LogP contribution is -2.52. The van der Waals surface area contributed by atoms with Crippen LogP contribution in [0.4, 0.5) is 5.69 Å². The van der Waals surface area contributed by atoms with E-state index in [2.05, 4.69) is 0 Å². The first kappa shape index (κ1) is 12.7. The molecule has 0 aromatic heterocycles. The number of anilines is 1. The lowest BCUT2D eigenvalue weighted by atomic mass is 10.1. The van der Waals surface area contributed by atoms with Crippen LogP contribution in [0.3, 0.4) is 0 Å². The molecule has 2 N–H and O–H groups in total. The number of piperazine rings is 1. The molecule has 1 aromatic carbocycles. The van der Waals surface area contributed by atoms with Crippen LogP contribution in [0.15, 0.2) is 18.2 Å². The maximum absolute atomic E-state index is 11.8. The average Bonchev–Trinajstić information content (AvgIpc) is 2.34. The molecule has 0 aliphatic carbocycles. The summed E-state index contributed by atoms with van der Waals surface area (Å²) >= 11 is 6.05. The van der Waals surface area contributed by atoms with E-state index >= 15 is 0 Å². The number of benzene rings is 1. The smallest absolute Gasteiger partial charge is 0.312 e. The first-order valence-electron chi connectivity index (χ1n) is 5.58. The van der Waals surface area contributed by atoms with Crippen molar-refractivity contribution in [1.29, 1.82) is 0 Å². The first-order chi connectivity index (χ1) is 8.50. The summed E-state index contributed by atoms with van der Waals surface area (Å²) in [5.74, 6) is -1.00. The van der Waals surface area contributed by atoms with Crippen LogP contribution in [0.25, 0.3) is 0 Å². The van der Waals surface area contributed by atoms with E-state index in [-0.39, 0.29) is 6.54 Å². The van der Waals surface area contributed by atoms with Crippen LogP contribution in [0.2, 0.25) is 5.02 Å². The van der Waals surface area contributed by atoms with Crippen molar-refractivity contribution in [3.05, 3.63) is 28.8 Å². The van der Waals surface area contributed by atoms with E-state index in [0.717, 1.165) is 0 Å². The largest absolute Gasteiger partial charge is 0.398 e. The van der Waals surface area contributed by atoms with E-state index in [1.54, 1.807) is 25.2 Å². The Bertz CT molecular complexity index is 484. The standard InChI is InChI=1S/C12H14ClN3O2/c1-15-5-6-16(12(18)11(15)17)7-8-9(13)3-2-4-10(8)14/h2-4H,5-7,14H2,1H3. The Morgan fingerprint density at radius 3 is 2.67 bits per heavy atom. The van der Waals surface area contributed by atoms with Crippen molar-refractivity contribution >= 4 is 29.1 Å². The summed E-state index contributed by atoms with van der Waals surface area (Å²) < 4.78 is 0. The molecule has 0 bridgehead atoms. The zero-order valence-electron chi connectivity index (χ0n) is 10.0. The molecule has 2 rings (SSSR count). The van der Waals surface area contributed by atoms with Crippen molar-refractivity contribution in [3.63, 3.8) is 0 Å². The molecule has 0 saturated carbocycles. The highest BCUT2D eigenvalue weighted by Crippen LogP contribution is 2.24. The minimum Gasteiger partial charge on any atom is -0.398 e. The number of likely N-dealkylation sites (N-methyl/N-ethyl adjacent to an activating group) is 1. The number of rotatable bonds is 2. The highest BCUT2D eigenvalue weighted by molar-refractivity contribution is 6.35. The van der Waals surface area contributed by atoms with Gasteiger partial charge in [0.25, 0.3) is 0 Å². The van der Waals surface area contributed by atoms with Gasteiger partial charge in [0, 0.05) is 43.0 Å². The quantitative estimate of drug-likeness (QED) is 0.634. The SMILES string of the molecule is CN1CCN(Cc2c(N)cccc2Cl)C(=O)C1=O. The summed E-state index contributed by atoms with van der Waals surface area (Å²) in [5, 5.41) is 0.508. The summed E-state index contributed by atoms with van der Waals surface area (Å²) in [7, 11) is 1.61. The maximum atomic E-state index is 11.8. The summed E-state index contributed by atoms with van der Waals surface area (Å²) in [6.07, 6.45) is 0. The molecule has 1 heterocycles. The van der Waals surface area contributed by atoms with Gasteiger partial charge in [0.15, 0.2) is 0 Å². The van der Waals surface area contributed by atoms with Gasteiger partial charge in [0.1, 0.15) is 0 Å². The Balaban J connectivity index is 2.20. The molecule has 18 heavy (non-hydrogen) atoms. The molecule has 96 valence electrons. The van der Waals surface area contributed by atoms with Gasteiger partial charge in [-0.1, -0.05) is 17.7 Å². The van der Waals surface area contributed by atoms with Gasteiger partial charge in [-0.15, -0.1) is 0 Å². The number of carbonyl (C=O) groups excluding carboxylic acids is 2. The second-order valence-corrected chi connectivity index (χ2v) is 4.67. The number of hydrogen-bond acceptors (Lipinski definition) is 3. The van der Waals surface area contributed by atoms with Gasteiger partial charge < -0.3 is 15.5 Å². The molecule has 1 saturated heterocycles. The number of amides is 2. The van der Waals surface area contributed by atoms with Crippen LogP contribution < -0.4 is 5.73 Å². The van der Waals surface area contributed by atoms with Gasteiger partial charge in [0.05, 0.1) is 0 Å². The monoisotopic (exact) mass is 267 g/mol. The highest BCUT2D eigenvalue weighted by Gasteiger charge is 2.30. The van der Waals surface area contributed by atoms with Crippen LogP contribution in [-0.4, -0.2) is 41.8 Å². The molecular formula is C12H14ClN3O2. The molecule has 0 unspecified atom stereocenters. The van der Waals surface area contributed by atoms with Crippen LogP contribution in [0, 0.1) is 0 Å². The fourth-order valence-electron chi connectivity index (χ4n) is 1.86. The van der Waals surface area contributed by atoms with Gasteiger partial charge >= 0.3 is 11.8 Å². The van der Waals surface area contributed by atoms with Crippen LogP contribution in [0.1, 0.15) is 5.56 Å². The number of hydrogen-bond donors (Lipinski definition) is 1. The molecule has 0 spiro atoms. The lowest BCUT2D eigenvalue weighted by molar-refractivity contribution is -0.155. The topological polar surface area (TPSA) is 66.6 Å². The Kier molecular flexibility index (Phi) is 3.43. The number of nitrogen functional groups attached to an aromatic ring is 1. The minimum atomic E-state index is -0.511. The molecule has 0 radical (unpaired) electrons. The Morgan fingerprint density at radius 2 is 2.00 bits per heavy atom. The second kappa shape index (κ2) is 4.86. The predicted octanol–water partition coefficient (Wildman–Crippen LogP) is 0.723. The van der Waals surface area contributed by atoms with Gasteiger partial charge in [-0.3, -0.25) is 9.59 Å². The van der Waals surface area contributed by atoms with Gasteiger partial charge in [0.2, 0.25) is 0 Å². The third-order valence-corrected chi connectivity index (χ3v) is 3.38. The number of halogens is 1. The third kappa shape index (κ3) is 2.26. The van der Waals surface area contributed by atoms with Crippen molar-refractivity contribution in [2.45, 2.75) is 6.54 Å². The Labute approximate surface area is 110 Å². The summed E-state index contributed by atoms with van der Waals surface area (Å²) in [4.78, 5) is 26.3. The zero-order valence-corrected chi connectivity index (χ0v) is 10.8. The molecular weight excluding hydrogens is 254 g/mol. The summed E-state index contributed by atoms with van der Waals surface area (Å²) in [6, 6.07) is 5.19. The normalized spacial score (nSPS) is 16.3. The minimum absolute atomic E-state index is 0.268. The van der Waals surface area contributed by atoms with Gasteiger partial charge in [-0.05, 0) is 12.1 Å². The molecule has 1 aromatic rings. The fraction of sp³-hybridized carbons (Fsp3) is 0.333. The van der Waals surface area contributed by atoms with E-state index in [9.17, 15) is 9.59 Å². The van der Waals surface area contributed by atoms with Gasteiger partial charge in [-0.25, -0.2) is 0 Å². The summed E-state index contributed by atoms with van der Waals surface area (Å²) in [5.41, 5.74) is 7.04. The highest BCUT2D eigenvalue weighted by atomic mass is 35.5. The second-order valence-electron chi connectivity index (χ2n) is 4.26. The average molecular weight is 268 g/mol. The molecule has 1 fully saturated rings. The van der Waals surface area contributed by atoms with Crippen molar-refractivity contribution in [2.75, 3.05) is 25.9 Å². The number of carbonyl (C=O) groups is 2. The lowest BCUT2D eigenvalue weighted by Gasteiger charge is -2.31. The number of nitrogens with two attached hydrogens (primary N) is 1. The number of nitrogens with zero attached hydrogens (tertiary/aromatic N) is 2. The van der Waals surface area contributed by atoms with Crippen molar-refractivity contribution in [3.8, 4) is 0 Å². The van der Waals surface area contributed by atoms with Crippen molar-refractivity contribution in [2.24, 2.45) is 0 Å². The van der Waals surface area contributed by atoms with E-state index in [0.29, 0.717) is 29.4 Å². The summed E-state index contributed by atoms with van der Waals surface area (Å²) in [6.45, 7) is 1.28. The van der Waals surface area contributed by atoms with Gasteiger partial charge in [-0.2, -0.15) is 0 Å². The van der Waals surface area contributed by atoms with Crippen LogP contribution in [0.5, 0.6) is 0 Å². The Hall–Kier alpha value is -1.75. The zero-order chi connectivity index (χ0) is 13.3. The predicted molar refractivity (Wildman–Crippen MR) is 68.9 cm³/mol. The molecule has 2 amide bonds. The van der Waals surface area contributed by atoms with Crippen LogP contribution >= 0.6 is 11.6 Å². The molecule has 6 heteroatoms. The maximum Gasteiger partial charge on any atom is 0.312 e. The first-order valence-corrected chi connectivity index (χ1v) is 5.95. The molecule has 5 nitrogen and oxygen atoms in total. The van der Waals surface area contributed by atoms with Crippen LogP contribution in [-0.2, 0) is 16.1 Å². The van der Waals surface area contributed by atoms with E-state index in [1.807, 2.05) is 0 Å². The molecule has 1 aliphatic heterocycles. The van der Waals surface area contributed by atoms with E-state index < -0.39 is 11.8 Å². The molecule has 1 aliphatic rings. The van der Waals surface area contributed by atoms with Crippen molar-refractivity contribution < 1.29 is 9.59 Å². The fourth-order valence-corrected chi connectivity index (χ4v) is 2.10. The molecule has 0 atom stereocenters. The van der Waals surface area contributed by atoms with E-state index in [1.165, 1.54) is 9.80 Å². The van der Waals surface area contributed by atoms with Crippen molar-refractivity contribution in [1.82, 2.24) is 9.80 Å². The Morgan fingerprint density at radius 1 is 1.28 bits per heavy atom.